The molecule has 0 saturated carbocycles. The Balaban J connectivity index is 2.39. The first-order chi connectivity index (χ1) is 7.37. The molecule has 0 atom stereocenters. The predicted octanol–water partition coefficient (Wildman–Crippen LogP) is 0.645. The Labute approximate surface area is 96.6 Å². The van der Waals surface area contributed by atoms with Gasteiger partial charge in [0.15, 0.2) is 0 Å². The minimum absolute atomic E-state index is 0.0811. The molecule has 5 heteroatoms. The third kappa shape index (κ3) is 2.95. The lowest BCUT2D eigenvalue weighted by Crippen LogP contribution is -2.33. The first kappa shape index (κ1) is 13.0. The highest BCUT2D eigenvalue weighted by molar-refractivity contribution is 6.01. The molecule has 1 rings (SSSR count). The molecule has 0 spiro atoms. The van der Waals surface area contributed by atoms with Crippen LogP contribution >= 0.6 is 0 Å². The zero-order valence-corrected chi connectivity index (χ0v) is 10.3. The zero-order chi connectivity index (χ0) is 12.3. The number of amides is 3. The van der Waals surface area contributed by atoms with Gasteiger partial charge in [0.2, 0.25) is 5.91 Å². The highest BCUT2D eigenvalue weighted by Crippen LogP contribution is 2.21. The number of hydrogen-bond donors (Lipinski definition) is 1. The second-order valence-corrected chi connectivity index (χ2v) is 5.16. The van der Waals surface area contributed by atoms with Crippen molar-refractivity contribution >= 4 is 11.9 Å². The predicted molar refractivity (Wildman–Crippen MR) is 61.8 cm³/mol. The molecular formula is C11H21N3O2. The van der Waals surface area contributed by atoms with Crippen LogP contribution in [0.4, 0.5) is 4.79 Å². The molecule has 0 aromatic carbocycles. The van der Waals surface area contributed by atoms with Crippen molar-refractivity contribution < 1.29 is 9.59 Å². The van der Waals surface area contributed by atoms with Crippen molar-refractivity contribution in [2.75, 3.05) is 26.7 Å². The number of carbonyl (C=O) groups excluding carboxylic acids is 2. The molecule has 0 unspecified atom stereocenters. The van der Waals surface area contributed by atoms with E-state index in [0.29, 0.717) is 13.1 Å². The molecule has 2 N–H and O–H groups in total. The van der Waals surface area contributed by atoms with Gasteiger partial charge in [-0.1, -0.05) is 13.8 Å². The van der Waals surface area contributed by atoms with Gasteiger partial charge < -0.3 is 10.6 Å². The number of hydrogen-bond acceptors (Lipinski definition) is 3. The number of imide groups is 1. The van der Waals surface area contributed by atoms with Gasteiger partial charge in [0.25, 0.3) is 0 Å². The molecule has 0 aromatic heterocycles. The number of likely N-dealkylation sites (N-methyl/N-ethyl adjacent to an activating group) is 1. The average molecular weight is 227 g/mol. The summed E-state index contributed by atoms with van der Waals surface area (Å²) in [5.41, 5.74) is 5.70. The second kappa shape index (κ2) is 4.82. The Morgan fingerprint density at radius 2 is 2.00 bits per heavy atom. The summed E-state index contributed by atoms with van der Waals surface area (Å²) in [7, 11) is 1.64. The Morgan fingerprint density at radius 3 is 2.44 bits per heavy atom. The quantitative estimate of drug-likeness (QED) is 0.701. The number of rotatable bonds is 5. The Bertz CT molecular complexity index is 289. The number of carbonyl (C=O) groups is 2. The molecule has 16 heavy (non-hydrogen) atoms. The molecule has 5 nitrogen and oxygen atoms in total. The molecular weight excluding hydrogens is 206 g/mol. The van der Waals surface area contributed by atoms with E-state index < -0.39 is 0 Å². The van der Waals surface area contributed by atoms with Gasteiger partial charge in [-0.25, -0.2) is 4.79 Å². The van der Waals surface area contributed by atoms with Crippen LogP contribution in [-0.4, -0.2) is 48.4 Å². The molecule has 0 radical (unpaired) electrons. The van der Waals surface area contributed by atoms with E-state index in [2.05, 4.69) is 13.8 Å². The van der Waals surface area contributed by atoms with E-state index in [1.807, 2.05) is 0 Å². The van der Waals surface area contributed by atoms with Crippen LogP contribution in [0.1, 0.15) is 26.7 Å². The summed E-state index contributed by atoms with van der Waals surface area (Å²) in [6, 6.07) is -0.185. The highest BCUT2D eigenvalue weighted by atomic mass is 16.2. The Hall–Kier alpha value is -1.10. The monoisotopic (exact) mass is 227 g/mol. The van der Waals surface area contributed by atoms with Gasteiger partial charge in [-0.05, 0) is 24.8 Å². The largest absolute Gasteiger partial charge is 0.330 e. The average Bonchev–Trinajstić information content (AvgIpc) is 2.44. The maximum absolute atomic E-state index is 11.5. The van der Waals surface area contributed by atoms with Crippen LogP contribution in [0.5, 0.6) is 0 Å². The van der Waals surface area contributed by atoms with E-state index in [1.54, 1.807) is 7.05 Å². The van der Waals surface area contributed by atoms with Crippen LogP contribution in [0.2, 0.25) is 0 Å². The van der Waals surface area contributed by atoms with Crippen LogP contribution in [-0.2, 0) is 4.79 Å². The van der Waals surface area contributed by atoms with Crippen LogP contribution < -0.4 is 5.73 Å². The summed E-state index contributed by atoms with van der Waals surface area (Å²) in [5.74, 6) is -0.0990. The van der Waals surface area contributed by atoms with Crippen LogP contribution in [0, 0.1) is 5.41 Å². The smallest absolute Gasteiger partial charge is 0.326 e. The minimum atomic E-state index is -0.185. The highest BCUT2D eigenvalue weighted by Gasteiger charge is 2.33. The third-order valence-corrected chi connectivity index (χ3v) is 3.02. The number of urea groups is 1. The van der Waals surface area contributed by atoms with Crippen LogP contribution in [0.25, 0.3) is 0 Å². The van der Waals surface area contributed by atoms with Crippen molar-refractivity contribution in [1.29, 1.82) is 0 Å². The van der Waals surface area contributed by atoms with E-state index in [0.717, 1.165) is 12.8 Å². The molecule has 1 saturated heterocycles. The molecule has 0 aromatic rings. The molecule has 3 amide bonds. The van der Waals surface area contributed by atoms with E-state index in [1.165, 1.54) is 9.80 Å². The van der Waals surface area contributed by atoms with E-state index in [4.69, 9.17) is 5.73 Å². The van der Waals surface area contributed by atoms with E-state index >= 15 is 0 Å². The fourth-order valence-corrected chi connectivity index (χ4v) is 1.71. The summed E-state index contributed by atoms with van der Waals surface area (Å²) < 4.78 is 0. The molecule has 1 aliphatic heterocycles. The molecule has 0 bridgehead atoms. The lowest BCUT2D eigenvalue weighted by molar-refractivity contribution is -0.125. The van der Waals surface area contributed by atoms with Gasteiger partial charge in [0.05, 0.1) is 0 Å². The molecule has 1 heterocycles. The topological polar surface area (TPSA) is 66.6 Å². The number of nitrogens with zero attached hydrogens (tertiary/aromatic N) is 2. The Kier molecular flexibility index (Phi) is 3.91. The van der Waals surface area contributed by atoms with Crippen molar-refractivity contribution in [3.8, 4) is 0 Å². The van der Waals surface area contributed by atoms with Gasteiger partial charge >= 0.3 is 6.03 Å². The maximum atomic E-state index is 11.5. The molecule has 1 aliphatic rings. The minimum Gasteiger partial charge on any atom is -0.330 e. The van der Waals surface area contributed by atoms with Gasteiger partial charge in [-0.15, -0.1) is 0 Å². The van der Waals surface area contributed by atoms with Crippen LogP contribution in [0.15, 0.2) is 0 Å². The van der Waals surface area contributed by atoms with Crippen LogP contribution in [0.3, 0.4) is 0 Å². The molecule has 92 valence electrons. The van der Waals surface area contributed by atoms with Gasteiger partial charge in [-0.2, -0.15) is 0 Å². The third-order valence-electron chi connectivity index (χ3n) is 3.02. The van der Waals surface area contributed by atoms with E-state index in [9.17, 15) is 9.59 Å². The van der Waals surface area contributed by atoms with Gasteiger partial charge in [0, 0.05) is 13.6 Å². The van der Waals surface area contributed by atoms with Crippen molar-refractivity contribution in [2.24, 2.45) is 11.1 Å². The first-order valence-corrected chi connectivity index (χ1v) is 5.63. The molecule has 1 fully saturated rings. The van der Waals surface area contributed by atoms with Crippen molar-refractivity contribution in [2.45, 2.75) is 26.7 Å². The first-order valence-electron chi connectivity index (χ1n) is 5.63. The zero-order valence-electron chi connectivity index (χ0n) is 10.3. The fourth-order valence-electron chi connectivity index (χ4n) is 1.71. The summed E-state index contributed by atoms with van der Waals surface area (Å²) in [6.07, 6.45) is 1.74. The maximum Gasteiger partial charge on any atom is 0.326 e. The standard InChI is InChI=1S/C11H21N3O2/c1-11(2,8-12)5-4-6-14-9(15)7-13(3)10(14)16/h4-8,12H2,1-3H3. The summed E-state index contributed by atoms with van der Waals surface area (Å²) in [6.45, 7) is 5.51. The summed E-state index contributed by atoms with van der Waals surface area (Å²) in [5, 5.41) is 0. The van der Waals surface area contributed by atoms with Crippen molar-refractivity contribution in [1.82, 2.24) is 9.80 Å². The lowest BCUT2D eigenvalue weighted by Gasteiger charge is -2.23. The SMILES string of the molecule is CN1CC(=O)N(CCCC(C)(C)CN)C1=O. The van der Waals surface area contributed by atoms with E-state index in [-0.39, 0.29) is 23.9 Å². The molecule has 0 aliphatic carbocycles. The normalized spacial score (nSPS) is 17.5. The summed E-state index contributed by atoms with van der Waals surface area (Å²) >= 11 is 0. The lowest BCUT2D eigenvalue weighted by atomic mass is 9.88. The van der Waals surface area contributed by atoms with Crippen molar-refractivity contribution in [3.63, 3.8) is 0 Å². The van der Waals surface area contributed by atoms with Gasteiger partial charge in [0.1, 0.15) is 6.54 Å². The summed E-state index contributed by atoms with van der Waals surface area (Å²) in [4.78, 5) is 25.8. The van der Waals surface area contributed by atoms with Gasteiger partial charge in [-0.3, -0.25) is 9.69 Å². The number of nitrogens with two attached hydrogens (primary N) is 1. The Morgan fingerprint density at radius 1 is 1.38 bits per heavy atom. The second-order valence-electron chi connectivity index (χ2n) is 5.16. The fraction of sp³-hybridized carbons (Fsp3) is 0.818. The van der Waals surface area contributed by atoms with Crippen molar-refractivity contribution in [3.05, 3.63) is 0 Å².